The molecule has 0 bridgehead atoms. The highest BCUT2D eigenvalue weighted by Crippen LogP contribution is 2.39. The molecule has 35 heavy (non-hydrogen) atoms. The third-order valence-electron chi connectivity index (χ3n) is 5.55. The first-order chi connectivity index (χ1) is 16.2. The van der Waals surface area contributed by atoms with Crippen LogP contribution in [0.15, 0.2) is 23.6 Å². The van der Waals surface area contributed by atoms with Gasteiger partial charge in [-0.25, -0.2) is 14.8 Å². The molecule has 2 aromatic heterocycles. The summed E-state index contributed by atoms with van der Waals surface area (Å²) < 4.78 is 51.2. The summed E-state index contributed by atoms with van der Waals surface area (Å²) in [5.41, 5.74) is -0.178. The maximum absolute atomic E-state index is 13.1. The normalized spacial score (nSPS) is 18.8. The molecule has 0 saturated carbocycles. The van der Waals surface area contributed by atoms with Crippen molar-refractivity contribution in [1.29, 1.82) is 0 Å². The van der Waals surface area contributed by atoms with Crippen molar-refractivity contribution in [1.82, 2.24) is 14.9 Å². The molecule has 6 nitrogen and oxygen atoms in total. The second-order valence-electron chi connectivity index (χ2n) is 9.59. The number of halogens is 4. The summed E-state index contributed by atoms with van der Waals surface area (Å²) in [7, 11) is 0. The minimum absolute atomic E-state index is 0.108. The van der Waals surface area contributed by atoms with Crippen LogP contribution in [0.25, 0.3) is 21.6 Å². The van der Waals surface area contributed by atoms with Crippen LogP contribution < -0.4 is 4.74 Å². The lowest BCUT2D eigenvalue weighted by Crippen LogP contribution is -2.39. The van der Waals surface area contributed by atoms with Gasteiger partial charge in [-0.05, 0) is 46.2 Å². The van der Waals surface area contributed by atoms with Crippen LogP contribution in [0.4, 0.5) is 18.0 Å². The summed E-state index contributed by atoms with van der Waals surface area (Å²) in [5, 5.41) is 2.07. The Kier molecular flexibility index (Phi) is 6.65. The van der Waals surface area contributed by atoms with E-state index in [0.717, 1.165) is 22.3 Å². The van der Waals surface area contributed by atoms with E-state index < -0.39 is 23.6 Å². The van der Waals surface area contributed by atoms with Gasteiger partial charge in [0.2, 0.25) is 0 Å². The van der Waals surface area contributed by atoms with E-state index in [-0.39, 0.29) is 22.8 Å². The largest absolute Gasteiger partial charge is 0.488 e. The van der Waals surface area contributed by atoms with Gasteiger partial charge in [0, 0.05) is 29.3 Å². The zero-order valence-corrected chi connectivity index (χ0v) is 21.4. The number of amides is 1. The summed E-state index contributed by atoms with van der Waals surface area (Å²) in [4.78, 5) is 22.5. The van der Waals surface area contributed by atoms with Crippen molar-refractivity contribution >= 4 is 39.9 Å². The van der Waals surface area contributed by atoms with Crippen LogP contribution in [0.2, 0.25) is 5.02 Å². The number of benzene rings is 1. The highest BCUT2D eigenvalue weighted by Gasteiger charge is 2.37. The molecule has 1 amide bonds. The topological polar surface area (TPSA) is 64.5 Å². The standard InChI is InChI=1S/C24H25ClF3N3O3S/c1-12-6-7-15-17(33-14-8-13(2)31(10-14)22(32)34-23(3,4)5)9-16(29-20(15)19(12)25)21-30-18(11-35-21)24(26,27)28/h6-7,9,11,13-14H,8,10H2,1-5H3/t13-,14?/m1/s1. The van der Waals surface area contributed by atoms with Gasteiger partial charge < -0.3 is 14.4 Å². The van der Waals surface area contributed by atoms with Gasteiger partial charge in [0.15, 0.2) is 5.69 Å². The third-order valence-corrected chi connectivity index (χ3v) is 6.89. The molecular weight excluding hydrogens is 503 g/mol. The van der Waals surface area contributed by atoms with Gasteiger partial charge in [-0.15, -0.1) is 11.3 Å². The maximum Gasteiger partial charge on any atom is 0.434 e. The molecule has 1 unspecified atom stereocenters. The average Bonchev–Trinajstić information content (AvgIpc) is 3.36. The second-order valence-corrected chi connectivity index (χ2v) is 10.8. The number of rotatable bonds is 3. The Balaban J connectivity index is 1.69. The van der Waals surface area contributed by atoms with E-state index in [2.05, 4.69) is 9.97 Å². The number of aromatic nitrogens is 2. The SMILES string of the molecule is Cc1ccc2c(OC3C[C@@H](C)N(C(=O)OC(C)(C)C)C3)cc(-c3nc(C(F)(F)F)cs3)nc2c1Cl. The number of carbonyl (C=O) groups is 1. The highest BCUT2D eigenvalue weighted by atomic mass is 35.5. The molecule has 4 rings (SSSR count). The van der Waals surface area contributed by atoms with Gasteiger partial charge in [-0.3, -0.25) is 0 Å². The predicted molar refractivity (Wildman–Crippen MR) is 129 cm³/mol. The summed E-state index contributed by atoms with van der Waals surface area (Å²) in [5.74, 6) is 0.416. The van der Waals surface area contributed by atoms with Gasteiger partial charge in [0.1, 0.15) is 28.2 Å². The maximum atomic E-state index is 13.1. The van der Waals surface area contributed by atoms with Crippen LogP contribution >= 0.6 is 22.9 Å². The van der Waals surface area contributed by atoms with Crippen LogP contribution in [0.1, 0.15) is 45.4 Å². The molecule has 0 N–H and O–H groups in total. The van der Waals surface area contributed by atoms with Crippen LogP contribution in [-0.4, -0.2) is 45.3 Å². The fourth-order valence-corrected chi connectivity index (χ4v) is 4.87. The van der Waals surface area contributed by atoms with E-state index in [4.69, 9.17) is 21.1 Å². The highest BCUT2D eigenvalue weighted by molar-refractivity contribution is 7.13. The predicted octanol–water partition coefficient (Wildman–Crippen LogP) is 7.12. The van der Waals surface area contributed by atoms with Crippen LogP contribution in [-0.2, 0) is 10.9 Å². The molecule has 3 aromatic rings. The minimum atomic E-state index is -4.55. The van der Waals surface area contributed by atoms with Crippen molar-refractivity contribution in [3.8, 4) is 16.5 Å². The van der Waals surface area contributed by atoms with Crippen molar-refractivity contribution in [2.45, 2.75) is 65.0 Å². The monoisotopic (exact) mass is 527 g/mol. The van der Waals surface area contributed by atoms with Gasteiger partial charge >= 0.3 is 12.3 Å². The Morgan fingerprint density at radius 1 is 1.23 bits per heavy atom. The molecule has 3 heterocycles. The van der Waals surface area contributed by atoms with E-state index in [9.17, 15) is 18.0 Å². The lowest BCUT2D eigenvalue weighted by Gasteiger charge is -2.26. The summed E-state index contributed by atoms with van der Waals surface area (Å²) in [6.45, 7) is 9.46. The second kappa shape index (κ2) is 9.13. The van der Waals surface area contributed by atoms with E-state index in [0.29, 0.717) is 34.6 Å². The number of aryl methyl sites for hydroxylation is 1. The van der Waals surface area contributed by atoms with E-state index in [1.807, 2.05) is 26.0 Å². The molecule has 188 valence electrons. The molecule has 11 heteroatoms. The first kappa shape index (κ1) is 25.5. The van der Waals surface area contributed by atoms with Gasteiger partial charge in [-0.2, -0.15) is 13.2 Å². The zero-order valence-electron chi connectivity index (χ0n) is 19.9. The van der Waals surface area contributed by atoms with Crippen LogP contribution in [0.5, 0.6) is 5.75 Å². The summed E-state index contributed by atoms with van der Waals surface area (Å²) >= 11 is 7.36. The van der Waals surface area contributed by atoms with Crippen molar-refractivity contribution in [2.75, 3.05) is 6.54 Å². The third kappa shape index (κ3) is 5.48. The summed E-state index contributed by atoms with van der Waals surface area (Å²) in [6.07, 6.45) is -4.76. The smallest absolute Gasteiger partial charge is 0.434 e. The van der Waals surface area contributed by atoms with E-state index >= 15 is 0 Å². The number of carbonyl (C=O) groups excluding carboxylic acids is 1. The van der Waals surface area contributed by atoms with E-state index in [1.54, 1.807) is 31.7 Å². The molecule has 1 aliphatic rings. The van der Waals surface area contributed by atoms with Crippen LogP contribution in [0, 0.1) is 6.92 Å². The number of likely N-dealkylation sites (tertiary alicyclic amines) is 1. The first-order valence-electron chi connectivity index (χ1n) is 11.0. The Morgan fingerprint density at radius 3 is 2.57 bits per heavy atom. The molecule has 2 atom stereocenters. The number of nitrogens with zero attached hydrogens (tertiary/aromatic N) is 3. The quantitative estimate of drug-likeness (QED) is 0.363. The first-order valence-corrected chi connectivity index (χ1v) is 12.3. The summed E-state index contributed by atoms with van der Waals surface area (Å²) in [6, 6.07) is 5.11. The molecule has 1 saturated heterocycles. The lowest BCUT2D eigenvalue weighted by atomic mass is 10.1. The fourth-order valence-electron chi connectivity index (χ4n) is 3.88. The number of hydrogen-bond acceptors (Lipinski definition) is 6. The Morgan fingerprint density at radius 2 is 1.94 bits per heavy atom. The van der Waals surface area contributed by atoms with Crippen molar-refractivity contribution < 1.29 is 27.4 Å². The van der Waals surface area contributed by atoms with Gasteiger partial charge in [0.05, 0.1) is 17.1 Å². The Labute approximate surface area is 210 Å². The van der Waals surface area contributed by atoms with Gasteiger partial charge in [-0.1, -0.05) is 17.7 Å². The number of pyridine rings is 1. The molecule has 0 spiro atoms. The average molecular weight is 528 g/mol. The van der Waals surface area contributed by atoms with E-state index in [1.165, 1.54) is 0 Å². The molecule has 1 aliphatic heterocycles. The molecule has 1 fully saturated rings. The fraction of sp³-hybridized carbons (Fsp3) is 0.458. The van der Waals surface area contributed by atoms with Crippen LogP contribution in [0.3, 0.4) is 0 Å². The number of ether oxygens (including phenoxy) is 2. The minimum Gasteiger partial charge on any atom is -0.488 e. The molecule has 1 aromatic carbocycles. The van der Waals surface area contributed by atoms with Crippen molar-refractivity contribution in [2.24, 2.45) is 0 Å². The number of hydrogen-bond donors (Lipinski definition) is 0. The van der Waals surface area contributed by atoms with Gasteiger partial charge in [0.25, 0.3) is 0 Å². The Bertz CT molecular complexity index is 1270. The zero-order chi connectivity index (χ0) is 25.7. The number of fused-ring (bicyclic) bond motifs is 1. The van der Waals surface area contributed by atoms with Crippen molar-refractivity contribution in [3.63, 3.8) is 0 Å². The number of alkyl halides is 3. The molecule has 0 aliphatic carbocycles. The molecule has 0 radical (unpaired) electrons. The lowest BCUT2D eigenvalue weighted by molar-refractivity contribution is -0.140. The molecular formula is C24H25ClF3N3O3S. The number of thiazole rings is 1. The van der Waals surface area contributed by atoms with Crippen molar-refractivity contribution in [3.05, 3.63) is 39.9 Å². The Hall–Kier alpha value is -2.59.